The molecule has 2 nitrogen and oxygen atoms in total. The molecule has 0 aliphatic carbocycles. The topological polar surface area (TPSA) is 33.0 Å². The highest BCUT2D eigenvalue weighted by Gasteiger charge is 2.08. The average Bonchev–Trinajstić information content (AvgIpc) is 2.38. The van der Waals surface area contributed by atoms with Crippen molar-refractivity contribution in [2.45, 2.75) is 13.8 Å². The molecule has 0 saturated carbocycles. The maximum atomic E-state index is 9.08. The minimum Gasteiger partial charge on any atom is -0.456 e. The normalized spacial score (nSPS) is 10.1. The predicted molar refractivity (Wildman–Crippen MR) is 79.9 cm³/mol. The van der Waals surface area contributed by atoms with Crippen LogP contribution in [-0.4, -0.2) is 0 Å². The van der Waals surface area contributed by atoms with Crippen molar-refractivity contribution in [3.05, 3.63) is 56.5 Å². The van der Waals surface area contributed by atoms with Crippen LogP contribution in [0.1, 0.15) is 16.7 Å². The van der Waals surface area contributed by atoms with Crippen LogP contribution in [0.5, 0.6) is 11.5 Å². The maximum Gasteiger partial charge on any atom is 0.145 e. The Labute approximate surface area is 125 Å². The molecular formula is C15H11BrClNO. The van der Waals surface area contributed by atoms with E-state index in [0.29, 0.717) is 22.1 Å². The van der Waals surface area contributed by atoms with E-state index in [1.54, 1.807) is 18.2 Å². The molecular weight excluding hydrogens is 326 g/mol. The summed E-state index contributed by atoms with van der Waals surface area (Å²) in [7, 11) is 0. The van der Waals surface area contributed by atoms with Crippen LogP contribution in [0.4, 0.5) is 0 Å². The van der Waals surface area contributed by atoms with Crippen molar-refractivity contribution in [3.63, 3.8) is 0 Å². The average molecular weight is 337 g/mol. The van der Waals surface area contributed by atoms with Crippen molar-refractivity contribution < 1.29 is 4.74 Å². The lowest BCUT2D eigenvalue weighted by Gasteiger charge is -2.11. The maximum absolute atomic E-state index is 9.08. The van der Waals surface area contributed by atoms with E-state index in [4.69, 9.17) is 21.6 Å². The third-order valence-electron chi connectivity index (χ3n) is 2.70. The Kier molecular flexibility index (Phi) is 4.14. The van der Waals surface area contributed by atoms with Gasteiger partial charge in [-0.15, -0.1) is 0 Å². The third-order valence-corrected chi connectivity index (χ3v) is 4.19. The summed E-state index contributed by atoms with van der Waals surface area (Å²) in [5.74, 6) is 1.21. The molecule has 2 rings (SSSR count). The molecule has 0 unspecified atom stereocenters. The Hall–Kier alpha value is -1.50. The van der Waals surface area contributed by atoms with E-state index in [9.17, 15) is 0 Å². The van der Waals surface area contributed by atoms with Crippen molar-refractivity contribution in [2.75, 3.05) is 0 Å². The van der Waals surface area contributed by atoms with Gasteiger partial charge in [0, 0.05) is 9.50 Å². The lowest BCUT2D eigenvalue weighted by atomic mass is 10.1. The van der Waals surface area contributed by atoms with Gasteiger partial charge in [0.05, 0.1) is 5.56 Å². The van der Waals surface area contributed by atoms with Gasteiger partial charge in [-0.05, 0) is 55.3 Å². The van der Waals surface area contributed by atoms with E-state index >= 15 is 0 Å². The van der Waals surface area contributed by atoms with E-state index in [-0.39, 0.29) is 0 Å². The molecule has 0 N–H and O–H groups in total. The molecule has 0 aromatic heterocycles. The molecule has 0 bridgehead atoms. The van der Waals surface area contributed by atoms with Gasteiger partial charge in [0.25, 0.3) is 0 Å². The lowest BCUT2D eigenvalue weighted by molar-refractivity contribution is 0.480. The summed E-state index contributed by atoms with van der Waals surface area (Å²) in [6.45, 7) is 3.99. The first kappa shape index (κ1) is 13.9. The second-order valence-electron chi connectivity index (χ2n) is 4.23. The van der Waals surface area contributed by atoms with Crippen molar-refractivity contribution >= 4 is 27.5 Å². The number of hydrogen-bond acceptors (Lipinski definition) is 2. The van der Waals surface area contributed by atoms with Crippen LogP contribution in [0.15, 0.2) is 34.8 Å². The van der Waals surface area contributed by atoms with E-state index in [0.717, 1.165) is 15.6 Å². The zero-order valence-corrected chi connectivity index (χ0v) is 12.8. The molecule has 0 aliphatic heterocycles. The molecule has 0 aliphatic rings. The number of halogens is 2. The molecule has 4 heteroatoms. The molecule has 2 aromatic carbocycles. The summed E-state index contributed by atoms with van der Waals surface area (Å²) in [5, 5.41) is 9.60. The van der Waals surface area contributed by atoms with Crippen LogP contribution in [0.25, 0.3) is 0 Å². The molecule has 19 heavy (non-hydrogen) atoms. The van der Waals surface area contributed by atoms with Crippen molar-refractivity contribution in [1.29, 1.82) is 5.26 Å². The van der Waals surface area contributed by atoms with Crippen LogP contribution in [0, 0.1) is 25.2 Å². The summed E-state index contributed by atoms with van der Waals surface area (Å²) in [6.07, 6.45) is 0. The summed E-state index contributed by atoms with van der Waals surface area (Å²) in [4.78, 5) is 0. The van der Waals surface area contributed by atoms with Crippen LogP contribution in [-0.2, 0) is 0 Å². The number of hydrogen-bond donors (Lipinski definition) is 0. The zero-order valence-electron chi connectivity index (χ0n) is 10.5. The van der Waals surface area contributed by atoms with E-state index in [1.165, 1.54) is 0 Å². The number of nitriles is 1. The van der Waals surface area contributed by atoms with Gasteiger partial charge in [0.1, 0.15) is 17.6 Å². The molecule has 0 fully saturated rings. The molecule has 0 saturated heterocycles. The van der Waals surface area contributed by atoms with Gasteiger partial charge in [-0.2, -0.15) is 5.26 Å². The van der Waals surface area contributed by atoms with Gasteiger partial charge < -0.3 is 4.74 Å². The number of ether oxygens (including phenoxy) is 1. The fraction of sp³-hybridized carbons (Fsp3) is 0.133. The highest BCUT2D eigenvalue weighted by atomic mass is 79.9. The molecule has 96 valence electrons. The summed E-state index contributed by atoms with van der Waals surface area (Å²) < 4.78 is 6.84. The summed E-state index contributed by atoms with van der Waals surface area (Å²) in [6, 6.07) is 10.9. The molecule has 0 heterocycles. The second kappa shape index (κ2) is 5.64. The Bertz CT molecular complexity index is 653. The largest absolute Gasteiger partial charge is 0.456 e. The standard InChI is InChI=1S/C15H11BrClNO/c1-9-5-13(6-10(2)15(9)16)19-14-4-3-12(17)7-11(14)8-18/h3-7H,1-2H3. The molecule has 0 spiro atoms. The first-order valence-electron chi connectivity index (χ1n) is 5.65. The Morgan fingerprint density at radius 1 is 1.16 bits per heavy atom. The summed E-state index contributed by atoms with van der Waals surface area (Å²) in [5.41, 5.74) is 2.59. The fourth-order valence-corrected chi connectivity index (χ4v) is 2.17. The van der Waals surface area contributed by atoms with E-state index in [2.05, 4.69) is 22.0 Å². The predicted octanol–water partition coefficient (Wildman–Crippen LogP) is 5.38. The minimum absolute atomic E-state index is 0.422. The zero-order chi connectivity index (χ0) is 14.0. The quantitative estimate of drug-likeness (QED) is 0.737. The van der Waals surface area contributed by atoms with Gasteiger partial charge >= 0.3 is 0 Å². The van der Waals surface area contributed by atoms with Gasteiger partial charge in [0.2, 0.25) is 0 Å². The van der Waals surface area contributed by atoms with Gasteiger partial charge in [-0.3, -0.25) is 0 Å². The van der Waals surface area contributed by atoms with E-state index < -0.39 is 0 Å². The van der Waals surface area contributed by atoms with Gasteiger partial charge in [-0.1, -0.05) is 27.5 Å². The monoisotopic (exact) mass is 335 g/mol. The van der Waals surface area contributed by atoms with Crippen LogP contribution >= 0.6 is 27.5 Å². The second-order valence-corrected chi connectivity index (χ2v) is 5.45. The lowest BCUT2D eigenvalue weighted by Crippen LogP contribution is -1.91. The minimum atomic E-state index is 0.422. The van der Waals surface area contributed by atoms with Crippen molar-refractivity contribution in [1.82, 2.24) is 0 Å². The van der Waals surface area contributed by atoms with Crippen LogP contribution in [0.3, 0.4) is 0 Å². The first-order chi connectivity index (χ1) is 9.01. The van der Waals surface area contributed by atoms with Gasteiger partial charge in [0.15, 0.2) is 0 Å². The first-order valence-corrected chi connectivity index (χ1v) is 6.82. The van der Waals surface area contributed by atoms with Crippen LogP contribution < -0.4 is 4.74 Å². The smallest absolute Gasteiger partial charge is 0.145 e. The third kappa shape index (κ3) is 3.09. The van der Waals surface area contributed by atoms with E-state index in [1.807, 2.05) is 26.0 Å². The Balaban J connectivity index is 2.40. The fourth-order valence-electron chi connectivity index (χ4n) is 1.77. The van der Waals surface area contributed by atoms with Gasteiger partial charge in [-0.25, -0.2) is 0 Å². The summed E-state index contributed by atoms with van der Waals surface area (Å²) >= 11 is 9.37. The van der Waals surface area contributed by atoms with Crippen molar-refractivity contribution in [3.8, 4) is 17.6 Å². The molecule has 0 amide bonds. The molecule has 2 aromatic rings. The van der Waals surface area contributed by atoms with Crippen molar-refractivity contribution in [2.24, 2.45) is 0 Å². The Morgan fingerprint density at radius 3 is 2.37 bits per heavy atom. The molecule has 0 radical (unpaired) electrons. The SMILES string of the molecule is Cc1cc(Oc2ccc(Cl)cc2C#N)cc(C)c1Br. The van der Waals surface area contributed by atoms with Crippen LogP contribution in [0.2, 0.25) is 5.02 Å². The highest BCUT2D eigenvalue weighted by Crippen LogP contribution is 2.31. The number of rotatable bonds is 2. The number of aryl methyl sites for hydroxylation is 2. The highest BCUT2D eigenvalue weighted by molar-refractivity contribution is 9.10. The molecule has 0 atom stereocenters. The number of nitrogens with zero attached hydrogens (tertiary/aromatic N) is 1. The number of benzene rings is 2. The Morgan fingerprint density at radius 2 is 1.79 bits per heavy atom.